The number of carbonyl (C=O) groups is 1. The number of rotatable bonds is 8. The lowest BCUT2D eigenvalue weighted by Gasteiger charge is -2.31. The van der Waals surface area contributed by atoms with E-state index in [0.717, 1.165) is 11.1 Å². The smallest absolute Gasteiger partial charge is 0.303 e. The second-order valence-electron chi connectivity index (χ2n) is 9.26. The number of carboxylic acid groups (broad SMARTS) is 1. The van der Waals surface area contributed by atoms with Crippen LogP contribution in [-0.4, -0.2) is 45.2 Å². The molecular weight excluding hydrogens is 427 g/mol. The second kappa shape index (κ2) is 9.15. The van der Waals surface area contributed by atoms with E-state index in [-0.39, 0.29) is 18.4 Å². The van der Waals surface area contributed by atoms with E-state index in [1.54, 1.807) is 38.1 Å². The van der Waals surface area contributed by atoms with Crippen molar-refractivity contribution in [3.63, 3.8) is 0 Å². The van der Waals surface area contributed by atoms with Gasteiger partial charge in [0, 0.05) is 30.2 Å². The zero-order valence-corrected chi connectivity index (χ0v) is 18.6. The van der Waals surface area contributed by atoms with Crippen molar-refractivity contribution in [3.05, 3.63) is 71.6 Å². The molecule has 3 N–H and O–H groups in total. The second-order valence-corrected chi connectivity index (χ2v) is 9.26. The largest absolute Gasteiger partial charge is 0.489 e. The summed E-state index contributed by atoms with van der Waals surface area (Å²) in [4.78, 5) is 11.0. The third kappa shape index (κ3) is 4.75. The van der Waals surface area contributed by atoms with Crippen molar-refractivity contribution < 1.29 is 34.0 Å². The zero-order valence-electron chi connectivity index (χ0n) is 18.6. The molecule has 0 bridgehead atoms. The Morgan fingerprint density at radius 3 is 2.67 bits per heavy atom. The normalized spacial score (nSPS) is 25.2. The summed E-state index contributed by atoms with van der Waals surface area (Å²) in [7, 11) is 0. The lowest BCUT2D eigenvalue weighted by atomic mass is 9.85. The first-order chi connectivity index (χ1) is 15.7. The van der Waals surface area contributed by atoms with E-state index in [4.69, 9.17) is 14.6 Å². The highest BCUT2D eigenvalue weighted by Gasteiger charge is 2.50. The van der Waals surface area contributed by atoms with Gasteiger partial charge in [-0.3, -0.25) is 4.79 Å². The first-order valence-electron chi connectivity index (χ1n) is 11.1. The quantitative estimate of drug-likeness (QED) is 0.556. The van der Waals surface area contributed by atoms with Crippen LogP contribution in [0.5, 0.6) is 11.5 Å². The first kappa shape index (κ1) is 23.3. The van der Waals surface area contributed by atoms with Crippen molar-refractivity contribution in [1.82, 2.24) is 0 Å². The third-order valence-corrected chi connectivity index (χ3v) is 6.49. The number of benzene rings is 2. The Balaban J connectivity index is 1.56. The number of aryl methyl sites for hydroxylation is 1. The fourth-order valence-corrected chi connectivity index (χ4v) is 4.83. The minimum Gasteiger partial charge on any atom is -0.489 e. The first-order valence-corrected chi connectivity index (χ1v) is 11.1. The van der Waals surface area contributed by atoms with Crippen LogP contribution in [0, 0.1) is 5.92 Å². The van der Waals surface area contributed by atoms with Crippen molar-refractivity contribution in [2.75, 3.05) is 0 Å². The van der Waals surface area contributed by atoms with Gasteiger partial charge in [-0.25, -0.2) is 4.39 Å². The van der Waals surface area contributed by atoms with E-state index >= 15 is 4.39 Å². The third-order valence-electron chi connectivity index (χ3n) is 6.49. The molecular formula is C26H29FO6. The van der Waals surface area contributed by atoms with Crippen LogP contribution in [0.15, 0.2) is 60.4 Å². The maximum Gasteiger partial charge on any atom is 0.303 e. The van der Waals surface area contributed by atoms with E-state index < -0.39 is 35.5 Å². The van der Waals surface area contributed by atoms with Gasteiger partial charge in [0.2, 0.25) is 0 Å². The molecule has 176 valence electrons. The average molecular weight is 457 g/mol. The maximum atomic E-state index is 15.3. The molecule has 0 aromatic heterocycles. The summed E-state index contributed by atoms with van der Waals surface area (Å²) >= 11 is 0. The van der Waals surface area contributed by atoms with Gasteiger partial charge < -0.3 is 24.8 Å². The number of ether oxygens (including phenoxy) is 2. The van der Waals surface area contributed by atoms with Crippen LogP contribution in [0.4, 0.5) is 4.39 Å². The predicted molar refractivity (Wildman–Crippen MR) is 120 cm³/mol. The summed E-state index contributed by atoms with van der Waals surface area (Å²) in [5.74, 6) is -1.38. The summed E-state index contributed by atoms with van der Waals surface area (Å²) in [6, 6.07) is 14.4. The minimum absolute atomic E-state index is 0.0155. The zero-order chi connectivity index (χ0) is 23.8. The minimum atomic E-state index is -1.53. The highest BCUT2D eigenvalue weighted by atomic mass is 19.1. The van der Waals surface area contributed by atoms with Gasteiger partial charge in [-0.15, -0.1) is 0 Å². The van der Waals surface area contributed by atoms with Crippen molar-refractivity contribution in [2.45, 2.75) is 62.9 Å². The number of fused-ring (bicyclic) bond motifs is 3. The van der Waals surface area contributed by atoms with Gasteiger partial charge in [0.1, 0.15) is 35.1 Å². The highest BCUT2D eigenvalue weighted by Crippen LogP contribution is 2.52. The molecule has 1 aliphatic carbocycles. The van der Waals surface area contributed by atoms with Gasteiger partial charge in [0.25, 0.3) is 0 Å². The number of halogens is 1. The van der Waals surface area contributed by atoms with Gasteiger partial charge in [0.15, 0.2) is 0 Å². The van der Waals surface area contributed by atoms with Crippen LogP contribution in [0.25, 0.3) is 0 Å². The number of aliphatic carboxylic acids is 1. The van der Waals surface area contributed by atoms with Crippen molar-refractivity contribution in [2.24, 2.45) is 5.92 Å². The molecule has 7 heteroatoms. The van der Waals surface area contributed by atoms with E-state index in [0.29, 0.717) is 24.3 Å². The Bertz CT molecular complexity index is 1030. The standard InChI is InChI=1S/C26H29FO6/c1-26(2,33-16-8-4-3-5-9-16)25(31)19(27)13-18-20(28)14-21-23(18)17-10-6-7-15(24(17)32-21)11-12-22(29)30/h3-10,13,18,20-21,23,25,28,31H,11-12,14H2,1-2H3,(H,29,30)/t18-,20+,21-,23+,25+/m0/s1. The van der Waals surface area contributed by atoms with Crippen LogP contribution in [-0.2, 0) is 11.2 Å². The molecule has 4 rings (SSSR count). The topological polar surface area (TPSA) is 96.2 Å². The monoisotopic (exact) mass is 456 g/mol. The summed E-state index contributed by atoms with van der Waals surface area (Å²) in [6.07, 6.45) is -0.761. The van der Waals surface area contributed by atoms with Crippen LogP contribution in [0.2, 0.25) is 0 Å². The molecule has 1 aliphatic heterocycles. The van der Waals surface area contributed by atoms with Crippen molar-refractivity contribution in [3.8, 4) is 11.5 Å². The van der Waals surface area contributed by atoms with Gasteiger partial charge in [-0.05, 0) is 44.0 Å². The Morgan fingerprint density at radius 1 is 1.24 bits per heavy atom. The maximum absolute atomic E-state index is 15.3. The summed E-state index contributed by atoms with van der Waals surface area (Å²) in [5, 5.41) is 30.4. The molecule has 0 amide bonds. The van der Waals surface area contributed by atoms with E-state index in [1.165, 1.54) is 6.08 Å². The highest BCUT2D eigenvalue weighted by molar-refractivity contribution is 5.67. The summed E-state index contributed by atoms with van der Waals surface area (Å²) < 4.78 is 27.2. The lowest BCUT2D eigenvalue weighted by molar-refractivity contribution is -0.136. The van der Waals surface area contributed by atoms with E-state index in [2.05, 4.69) is 0 Å². The molecule has 2 aromatic carbocycles. The molecule has 6 nitrogen and oxygen atoms in total. The van der Waals surface area contributed by atoms with Crippen LogP contribution in [0.1, 0.15) is 43.7 Å². The molecule has 2 aliphatic rings. The molecule has 1 heterocycles. The van der Waals surface area contributed by atoms with Crippen LogP contribution < -0.4 is 9.47 Å². The molecule has 33 heavy (non-hydrogen) atoms. The number of para-hydroxylation sites is 2. The number of carboxylic acids is 1. The molecule has 2 aromatic rings. The van der Waals surface area contributed by atoms with Crippen molar-refractivity contribution in [1.29, 1.82) is 0 Å². The Morgan fingerprint density at radius 2 is 1.97 bits per heavy atom. The molecule has 5 atom stereocenters. The molecule has 0 radical (unpaired) electrons. The molecule has 0 unspecified atom stereocenters. The van der Waals surface area contributed by atoms with Crippen LogP contribution in [0.3, 0.4) is 0 Å². The number of aliphatic hydroxyl groups is 2. The van der Waals surface area contributed by atoms with Crippen LogP contribution >= 0.6 is 0 Å². The predicted octanol–water partition coefficient (Wildman–Crippen LogP) is 4.00. The number of aliphatic hydroxyl groups excluding tert-OH is 2. The van der Waals surface area contributed by atoms with Gasteiger partial charge in [-0.2, -0.15) is 0 Å². The van der Waals surface area contributed by atoms with Gasteiger partial charge in [-0.1, -0.05) is 36.4 Å². The Kier molecular flexibility index (Phi) is 6.45. The average Bonchev–Trinajstić information content (AvgIpc) is 3.27. The molecule has 1 saturated carbocycles. The molecule has 0 saturated heterocycles. The summed E-state index contributed by atoms with van der Waals surface area (Å²) in [6.45, 7) is 3.21. The van der Waals surface area contributed by atoms with E-state index in [1.807, 2.05) is 24.3 Å². The summed E-state index contributed by atoms with van der Waals surface area (Å²) in [5.41, 5.74) is 0.390. The fraction of sp³-hybridized carbons (Fsp3) is 0.423. The molecule has 0 spiro atoms. The Hall–Kier alpha value is -2.90. The fourth-order valence-electron chi connectivity index (χ4n) is 4.83. The SMILES string of the molecule is CC(C)(Oc1ccccc1)[C@H](O)C(F)=C[C@@H]1[C@H]2c3cccc(CCC(=O)O)c3O[C@H]2C[C@H]1O. The molecule has 1 fully saturated rings. The van der Waals surface area contributed by atoms with E-state index in [9.17, 15) is 15.0 Å². The number of hydrogen-bond donors (Lipinski definition) is 3. The number of hydrogen-bond acceptors (Lipinski definition) is 5. The lowest BCUT2D eigenvalue weighted by Crippen LogP contribution is -2.42. The van der Waals surface area contributed by atoms with Gasteiger partial charge >= 0.3 is 5.97 Å². The van der Waals surface area contributed by atoms with Gasteiger partial charge in [0.05, 0.1) is 6.10 Å². The van der Waals surface area contributed by atoms with Crippen molar-refractivity contribution >= 4 is 5.97 Å². The Labute approximate surface area is 192 Å².